The molecule has 2 aliphatic heterocycles. The molecule has 0 saturated carbocycles. The van der Waals surface area contributed by atoms with Gasteiger partial charge in [-0.2, -0.15) is 0 Å². The van der Waals surface area contributed by atoms with Gasteiger partial charge in [0.05, 0.1) is 6.61 Å². The Kier molecular flexibility index (Phi) is 16.2. The second-order valence-corrected chi connectivity index (χ2v) is 9.92. The average Bonchev–Trinajstić information content (AvgIpc) is 3.48. The quantitative estimate of drug-likeness (QED) is 0.0707. The van der Waals surface area contributed by atoms with Gasteiger partial charge in [0.25, 0.3) is 29.5 Å². The number of imide groups is 2. The number of amides is 9. The number of nitrogens with zero attached hydrogens (tertiary/aromatic N) is 2. The molecule has 0 bridgehead atoms. The van der Waals surface area contributed by atoms with E-state index in [0.29, 0.717) is 6.61 Å². The normalized spacial score (nSPS) is 13.1. The third kappa shape index (κ3) is 14.6. The lowest BCUT2D eigenvalue weighted by molar-refractivity contribution is -0.139. The van der Waals surface area contributed by atoms with Crippen molar-refractivity contribution >= 4 is 53.2 Å². The molecule has 2 rings (SSSR count). The van der Waals surface area contributed by atoms with Crippen molar-refractivity contribution in [1.29, 1.82) is 0 Å². The first-order chi connectivity index (χ1) is 22.1. The van der Waals surface area contributed by atoms with Gasteiger partial charge in [-0.15, -0.1) is 0 Å². The first-order valence-corrected chi connectivity index (χ1v) is 14.3. The lowest BCUT2D eigenvalue weighted by atomic mass is 10.0. The van der Waals surface area contributed by atoms with Crippen molar-refractivity contribution in [2.24, 2.45) is 5.92 Å². The van der Waals surface area contributed by atoms with E-state index in [1.54, 1.807) is 13.8 Å². The van der Waals surface area contributed by atoms with Crippen LogP contribution in [-0.4, -0.2) is 89.7 Å². The Labute approximate surface area is 271 Å². The maximum atomic E-state index is 12.2. The van der Waals surface area contributed by atoms with E-state index >= 15 is 0 Å². The van der Waals surface area contributed by atoms with E-state index in [-0.39, 0.29) is 62.1 Å². The molecule has 0 aliphatic carbocycles. The fraction of sp³-hybridized carbons (Fsp3) is 0.367. The Morgan fingerprint density at radius 1 is 0.681 bits per heavy atom. The number of hydrogen-bond donors (Lipinski definition) is 5. The number of nitrogens with one attached hydrogen (secondary N) is 5. The van der Waals surface area contributed by atoms with Crippen LogP contribution in [0, 0.1) is 5.92 Å². The van der Waals surface area contributed by atoms with E-state index in [1.165, 1.54) is 7.05 Å². The highest BCUT2D eigenvalue weighted by molar-refractivity contribution is 6.13. The van der Waals surface area contributed by atoms with Gasteiger partial charge in [-0.1, -0.05) is 26.7 Å². The molecule has 0 radical (unpaired) electrons. The van der Waals surface area contributed by atoms with Crippen LogP contribution in [0.15, 0.2) is 61.4 Å². The molecule has 254 valence electrons. The molecule has 2 heterocycles. The molecule has 2 aliphatic rings. The molecule has 9 amide bonds. The summed E-state index contributed by atoms with van der Waals surface area (Å²) in [6.45, 7) is 14.1. The zero-order valence-electron chi connectivity index (χ0n) is 26.4. The number of carbonyl (C=O) groups is 9. The van der Waals surface area contributed by atoms with Crippen molar-refractivity contribution in [3.8, 4) is 0 Å². The predicted molar refractivity (Wildman–Crippen MR) is 165 cm³/mol. The zero-order valence-corrected chi connectivity index (χ0v) is 26.4. The van der Waals surface area contributed by atoms with Crippen LogP contribution in [0.2, 0.25) is 0 Å². The van der Waals surface area contributed by atoms with Crippen molar-refractivity contribution in [3.05, 3.63) is 61.4 Å². The molecule has 0 aromatic heterocycles. The van der Waals surface area contributed by atoms with E-state index in [2.05, 4.69) is 46.3 Å². The first-order valence-electron chi connectivity index (χ1n) is 14.3. The van der Waals surface area contributed by atoms with Crippen molar-refractivity contribution in [2.45, 2.75) is 39.5 Å². The van der Waals surface area contributed by atoms with Gasteiger partial charge < -0.3 is 31.3 Å². The lowest BCUT2D eigenvalue weighted by Gasteiger charge is -2.16. The fourth-order valence-corrected chi connectivity index (χ4v) is 3.78. The monoisotopic (exact) mass is 657 g/mol. The van der Waals surface area contributed by atoms with Crippen LogP contribution in [0.4, 0.5) is 0 Å². The average molecular weight is 658 g/mol. The third-order valence-corrected chi connectivity index (χ3v) is 5.95. The molecular weight excluding hydrogens is 618 g/mol. The summed E-state index contributed by atoms with van der Waals surface area (Å²) in [5.74, 6) is -4.93. The molecule has 0 atom stereocenters. The second-order valence-electron chi connectivity index (χ2n) is 9.92. The summed E-state index contributed by atoms with van der Waals surface area (Å²) in [6.07, 6.45) is 3.88. The zero-order chi connectivity index (χ0) is 35.7. The Balaban J connectivity index is 0.00000107. The van der Waals surface area contributed by atoms with Gasteiger partial charge in [0.15, 0.2) is 5.76 Å². The Bertz CT molecular complexity index is 1270. The molecule has 0 saturated heterocycles. The molecule has 0 aromatic carbocycles. The highest BCUT2D eigenvalue weighted by Crippen LogP contribution is 2.09. The Morgan fingerprint density at radius 2 is 1.02 bits per heavy atom. The number of rotatable bonds is 17. The summed E-state index contributed by atoms with van der Waals surface area (Å²) in [7, 11) is 1.53. The predicted octanol–water partition coefficient (Wildman–Crippen LogP) is -1.28. The van der Waals surface area contributed by atoms with Crippen LogP contribution in [0.3, 0.4) is 0 Å². The smallest absolute Gasteiger partial charge is 0.285 e. The number of likely N-dealkylation sites (N-methyl/N-ethyl adjacent to an activating group) is 1. The molecule has 0 unspecified atom stereocenters. The summed E-state index contributed by atoms with van der Waals surface area (Å²) in [4.78, 5) is 107. The maximum absolute atomic E-state index is 12.2. The highest BCUT2D eigenvalue weighted by Gasteiger charge is 2.25. The number of carbonyl (C=O) groups excluding carboxylic acids is 9. The summed E-state index contributed by atoms with van der Waals surface area (Å²) in [5, 5.41) is 11.8. The summed E-state index contributed by atoms with van der Waals surface area (Å²) in [5.41, 5.74) is 0. The topological polar surface area (TPSA) is 229 Å². The minimum atomic E-state index is -0.564. The maximum Gasteiger partial charge on any atom is 0.285 e. The molecular formula is C30H39N7O10. The van der Waals surface area contributed by atoms with Crippen molar-refractivity contribution in [3.63, 3.8) is 0 Å². The standard InChI is InChI=1S/C24H28N6O8.C6H11NO2/c1-14(12-19(33)27-15(2)25-17(31)8-10-29-21(35)4-5-22(29)36)13-20(34)28-16(3)26-18(32)9-11-30-23(37)6-7-24(30)38;1-4-9-5(2)6(8)7-3/h4-7,14H,2-3,8-13H2,1H3,(H,25,31)(H,26,32)(H,27,33)(H,28,34);2,4H2,1,3H3,(H,7,8). The molecule has 0 aromatic rings. The van der Waals surface area contributed by atoms with Gasteiger partial charge in [0.1, 0.15) is 11.6 Å². The van der Waals surface area contributed by atoms with Gasteiger partial charge in [-0.25, -0.2) is 0 Å². The van der Waals surface area contributed by atoms with Gasteiger partial charge in [-0.05, 0) is 12.8 Å². The van der Waals surface area contributed by atoms with Crippen LogP contribution in [0.25, 0.3) is 0 Å². The fourth-order valence-electron chi connectivity index (χ4n) is 3.78. The van der Waals surface area contributed by atoms with E-state index in [4.69, 9.17) is 4.74 Å². The van der Waals surface area contributed by atoms with E-state index in [0.717, 1.165) is 34.1 Å². The highest BCUT2D eigenvalue weighted by atomic mass is 16.5. The molecule has 17 heteroatoms. The van der Waals surface area contributed by atoms with Crippen LogP contribution in [0.5, 0.6) is 0 Å². The molecule has 47 heavy (non-hydrogen) atoms. The van der Waals surface area contributed by atoms with Crippen LogP contribution in [0.1, 0.15) is 39.5 Å². The molecule has 17 nitrogen and oxygen atoms in total. The van der Waals surface area contributed by atoms with Crippen molar-refractivity contribution < 1.29 is 47.9 Å². The SMILES string of the molecule is C=C(NC(=O)CCN1C(=O)C=CC1=O)NC(=O)CC(C)CC(=O)NC(=C)NC(=O)CCN1C(=O)C=CC1=O.C=C(OCC)C(=O)NC. The molecule has 5 N–H and O–H groups in total. The lowest BCUT2D eigenvalue weighted by Crippen LogP contribution is -2.39. The minimum Gasteiger partial charge on any atom is -0.489 e. The van der Waals surface area contributed by atoms with E-state index in [1.807, 2.05) is 0 Å². The molecule has 0 fully saturated rings. The van der Waals surface area contributed by atoms with Crippen molar-refractivity contribution in [2.75, 3.05) is 26.7 Å². The van der Waals surface area contributed by atoms with Gasteiger partial charge in [-0.3, -0.25) is 53.0 Å². The summed E-state index contributed by atoms with van der Waals surface area (Å²) >= 11 is 0. The number of hydrogen-bond acceptors (Lipinski definition) is 10. The first kappa shape index (κ1) is 39.2. The van der Waals surface area contributed by atoms with Crippen LogP contribution >= 0.6 is 0 Å². The van der Waals surface area contributed by atoms with Gasteiger partial charge in [0, 0.05) is 70.1 Å². The van der Waals surface area contributed by atoms with Crippen LogP contribution in [-0.2, 0) is 47.9 Å². The third-order valence-electron chi connectivity index (χ3n) is 5.95. The summed E-state index contributed by atoms with van der Waals surface area (Å²) in [6, 6.07) is 0. The molecule has 0 spiro atoms. The largest absolute Gasteiger partial charge is 0.489 e. The number of ether oxygens (including phenoxy) is 1. The Morgan fingerprint density at radius 3 is 1.34 bits per heavy atom. The Hall–Kier alpha value is -5.87. The van der Waals surface area contributed by atoms with Gasteiger partial charge in [0.2, 0.25) is 23.6 Å². The van der Waals surface area contributed by atoms with Crippen LogP contribution < -0.4 is 26.6 Å². The van der Waals surface area contributed by atoms with Gasteiger partial charge >= 0.3 is 0 Å². The summed E-state index contributed by atoms with van der Waals surface area (Å²) < 4.78 is 4.79. The second kappa shape index (κ2) is 19.5. The van der Waals surface area contributed by atoms with E-state index in [9.17, 15) is 43.2 Å². The van der Waals surface area contributed by atoms with Crippen molar-refractivity contribution in [1.82, 2.24) is 36.4 Å². The van der Waals surface area contributed by atoms with E-state index < -0.39 is 53.2 Å². The minimum absolute atomic E-state index is 0.0878.